The van der Waals surface area contributed by atoms with E-state index in [1.807, 2.05) is 14.4 Å². The van der Waals surface area contributed by atoms with Gasteiger partial charge in [-0.25, -0.2) is 0 Å². The van der Waals surface area contributed by atoms with Crippen LogP contribution in [0, 0.1) is 0 Å². The van der Waals surface area contributed by atoms with E-state index in [0.717, 1.165) is 3.76 Å². The molecule has 0 aliphatic rings. The van der Waals surface area contributed by atoms with E-state index in [1.54, 1.807) is 7.00 Å². The summed E-state index contributed by atoms with van der Waals surface area (Å²) in [5.74, 6) is 0. The molecule has 0 heterocycles. The van der Waals surface area contributed by atoms with Crippen LogP contribution in [0.5, 0.6) is 0 Å². The van der Waals surface area contributed by atoms with E-state index in [4.69, 9.17) is 4.10 Å². The molecule has 1 nitrogen and oxygen atoms in total. The zero-order valence-corrected chi connectivity index (χ0v) is 7.03. The molecule has 0 aliphatic carbocycles. The molecule has 0 bridgehead atoms. The normalized spacial score (nSPS) is 7.57. The third-order valence-electron chi connectivity index (χ3n) is 0.304. The van der Waals surface area contributed by atoms with Crippen molar-refractivity contribution in [2.45, 2.75) is 0 Å². The van der Waals surface area contributed by atoms with E-state index in [-0.39, 0.29) is 0 Å². The van der Waals surface area contributed by atoms with Gasteiger partial charge in [0.25, 0.3) is 0 Å². The maximum absolute atomic E-state index is 4.86. The van der Waals surface area contributed by atoms with Crippen molar-refractivity contribution in [1.82, 2.24) is 0 Å². The summed E-state index contributed by atoms with van der Waals surface area (Å²) in [7, 11) is 3.59. The molecule has 0 fully saturated rings. The van der Waals surface area contributed by atoms with Crippen LogP contribution in [-0.2, 0) is 4.10 Å². The van der Waals surface area contributed by atoms with Gasteiger partial charge in [-0.1, -0.05) is 0 Å². The van der Waals surface area contributed by atoms with Crippen LogP contribution in [0.15, 0.2) is 0 Å². The molecule has 6 heteroatoms. The molecule has 36 valence electrons. The Morgan fingerprint density at radius 1 is 1.86 bits per heavy atom. The van der Waals surface area contributed by atoms with Gasteiger partial charge >= 0.3 is 63.9 Å². The van der Waals surface area contributed by atoms with E-state index >= 15 is 0 Å². The summed E-state index contributed by atoms with van der Waals surface area (Å²) in [6.45, 7) is 1.86. The average Bonchev–Trinajstić information content (AvgIpc) is 1.69. The fraction of sp³-hybridized carbons (Fsp3) is 1.00. The third-order valence-corrected chi connectivity index (χ3v) is 1.40. The summed E-state index contributed by atoms with van der Waals surface area (Å²) in [6.07, 6.45) is 0. The maximum atomic E-state index is 4.86. The van der Waals surface area contributed by atoms with Crippen molar-refractivity contribution in [3.8, 4) is 0 Å². The van der Waals surface area contributed by atoms with E-state index in [0.29, 0.717) is 0 Å². The Morgan fingerprint density at radius 3 is 3.00 bits per heavy atom. The first-order valence-corrected chi connectivity index (χ1v) is 4.31. The van der Waals surface area contributed by atoms with Gasteiger partial charge in [0, 0.05) is 0 Å². The molecule has 7 heavy (non-hydrogen) atoms. The van der Waals surface area contributed by atoms with Gasteiger partial charge in [-0.15, -0.1) is 0 Å². The summed E-state index contributed by atoms with van der Waals surface area (Å²) in [5, 5.41) is 0. The van der Waals surface area contributed by atoms with E-state index in [1.165, 1.54) is 12.0 Å². The Bertz CT molecular complexity index is 58.9. The van der Waals surface area contributed by atoms with Crippen LogP contribution >= 0.6 is 34.6 Å². The zero-order valence-electron chi connectivity index (χ0n) is 4.06. The van der Waals surface area contributed by atoms with Gasteiger partial charge in [-0.2, -0.15) is 0 Å². The average molecular weight is 223 g/mol. The first kappa shape index (κ1) is 8.07. The number of halogens is 1. The molecule has 0 aliphatic heterocycles. The minimum atomic E-state index is 0.974. The van der Waals surface area contributed by atoms with Gasteiger partial charge in [-0.3, -0.25) is 0 Å². The fourth-order valence-corrected chi connectivity index (χ4v) is 0.802. The molecule has 0 unspecified atom stereocenters. The first-order valence-electron chi connectivity index (χ1n) is 1.87. The van der Waals surface area contributed by atoms with Crippen molar-refractivity contribution in [2.75, 3.05) is 3.76 Å². The molecule has 0 saturated heterocycles. The second kappa shape index (κ2) is 7.07. The van der Waals surface area contributed by atoms with Gasteiger partial charge in [0.1, 0.15) is 0 Å². The van der Waals surface area contributed by atoms with Gasteiger partial charge in [0.2, 0.25) is 0 Å². The molecular weight excluding hydrogens is 219 g/mol. The van der Waals surface area contributed by atoms with E-state index in [2.05, 4.69) is 22.6 Å². The Morgan fingerprint density at radius 2 is 2.57 bits per heavy atom. The molecule has 0 atom stereocenters. The van der Waals surface area contributed by atoms with E-state index < -0.39 is 0 Å². The first-order chi connectivity index (χ1) is 3.41. The number of rotatable bonds is 3. The number of alkyl halides is 1. The van der Waals surface area contributed by atoms with Gasteiger partial charge in [0.05, 0.1) is 0 Å². The van der Waals surface area contributed by atoms with E-state index in [9.17, 15) is 0 Å². The van der Waals surface area contributed by atoms with Crippen LogP contribution in [0.3, 0.4) is 0 Å². The number of hydrogen-bond acceptors (Lipinski definition) is 2. The standard InChI is InChI=1S/CH4B3IOS/c2-3-4-6-7-1-5/h1-2H2. The molecule has 0 saturated carbocycles. The predicted octanol–water partition coefficient (Wildman–Crippen LogP) is -0.170. The van der Waals surface area contributed by atoms with Crippen molar-refractivity contribution in [1.29, 1.82) is 0 Å². The quantitative estimate of drug-likeness (QED) is 0.216. The summed E-state index contributed by atoms with van der Waals surface area (Å²) >= 11 is 3.66. The fourth-order valence-electron chi connectivity index (χ4n) is 0.121. The van der Waals surface area contributed by atoms with Crippen LogP contribution in [0.2, 0.25) is 0 Å². The Labute approximate surface area is 63.8 Å². The minimum absolute atomic E-state index is 0.974. The second-order valence-electron chi connectivity index (χ2n) is 0.793. The molecule has 0 rings (SSSR count). The Hall–Kier alpha value is 1.07. The van der Waals surface area contributed by atoms with Crippen LogP contribution in [0.25, 0.3) is 0 Å². The molecule has 0 N–H and O–H groups in total. The van der Waals surface area contributed by atoms with Crippen molar-refractivity contribution < 1.29 is 4.10 Å². The Kier molecular flexibility index (Phi) is 8.16. The monoisotopic (exact) mass is 224 g/mol. The van der Waals surface area contributed by atoms with Gasteiger partial charge < -0.3 is 0 Å². The molecule has 0 aromatic heterocycles. The summed E-state index contributed by atoms with van der Waals surface area (Å²) < 4.78 is 5.83. The van der Waals surface area contributed by atoms with Gasteiger partial charge in [-0.05, 0) is 0 Å². The third kappa shape index (κ3) is 7.07. The van der Waals surface area contributed by atoms with Gasteiger partial charge in [0.15, 0.2) is 0 Å². The van der Waals surface area contributed by atoms with Crippen LogP contribution in [0.4, 0.5) is 0 Å². The van der Waals surface area contributed by atoms with Crippen LogP contribution in [0.1, 0.15) is 0 Å². The van der Waals surface area contributed by atoms with Crippen molar-refractivity contribution in [3.63, 3.8) is 0 Å². The molecule has 0 radical (unpaired) electrons. The molecule has 0 amide bonds. The predicted molar refractivity (Wildman–Crippen MR) is 47.6 cm³/mol. The van der Waals surface area contributed by atoms with Crippen molar-refractivity contribution in [2.24, 2.45) is 0 Å². The molecular formula is CH4B3IOS. The Balaban J connectivity index is 2.69. The van der Waals surface area contributed by atoms with Crippen molar-refractivity contribution >= 4 is 56.1 Å². The number of hydrogen-bond donors (Lipinski definition) is 0. The zero-order chi connectivity index (χ0) is 5.54. The van der Waals surface area contributed by atoms with Crippen LogP contribution in [-0.4, -0.2) is 25.2 Å². The van der Waals surface area contributed by atoms with Crippen molar-refractivity contribution in [3.05, 3.63) is 0 Å². The summed E-state index contributed by atoms with van der Waals surface area (Å²) in [6, 6.07) is 0. The summed E-state index contributed by atoms with van der Waals surface area (Å²) in [5.41, 5.74) is 0. The molecule has 0 spiro atoms. The second-order valence-corrected chi connectivity index (χ2v) is 3.31. The molecule has 0 aromatic rings. The summed E-state index contributed by atoms with van der Waals surface area (Å²) in [4.78, 5) is 0. The SMILES string of the molecule is BB=BOSCI. The topological polar surface area (TPSA) is 9.23 Å². The molecule has 0 aromatic carbocycles. The van der Waals surface area contributed by atoms with Crippen LogP contribution < -0.4 is 0 Å².